The summed E-state index contributed by atoms with van der Waals surface area (Å²) in [4.78, 5) is 12.2. The second kappa shape index (κ2) is 7.12. The normalized spacial score (nSPS) is 13.2. The quantitative estimate of drug-likeness (QED) is 0.882. The first kappa shape index (κ1) is 16.0. The molecule has 1 N–H and O–H groups in total. The van der Waals surface area contributed by atoms with Gasteiger partial charge >= 0.3 is 0 Å². The standard InChI is InChI=1S/C18H19NO5/c1-12(24-15-7-8-16-17(9-15)23-11-22-16)18(20)19-10-13-3-5-14(21-2)6-4-13/h3-9,12H,10-11H2,1-2H3,(H,19,20)/t12-/m1/s1. The molecule has 1 amide bonds. The van der Waals surface area contributed by atoms with E-state index in [1.54, 1.807) is 32.2 Å². The minimum atomic E-state index is -0.622. The van der Waals surface area contributed by atoms with Crippen molar-refractivity contribution >= 4 is 5.91 Å². The Hall–Kier alpha value is -2.89. The predicted octanol–water partition coefficient (Wildman–Crippen LogP) is 2.51. The van der Waals surface area contributed by atoms with Gasteiger partial charge in [-0.3, -0.25) is 4.79 Å². The molecular formula is C18H19NO5. The van der Waals surface area contributed by atoms with E-state index in [2.05, 4.69) is 5.32 Å². The highest BCUT2D eigenvalue weighted by Gasteiger charge is 2.18. The van der Waals surface area contributed by atoms with Gasteiger partial charge < -0.3 is 24.3 Å². The largest absolute Gasteiger partial charge is 0.497 e. The summed E-state index contributed by atoms with van der Waals surface area (Å²) in [7, 11) is 1.62. The van der Waals surface area contributed by atoms with Crippen LogP contribution in [0.15, 0.2) is 42.5 Å². The number of carbonyl (C=O) groups excluding carboxylic acids is 1. The zero-order valence-electron chi connectivity index (χ0n) is 13.6. The maximum Gasteiger partial charge on any atom is 0.261 e. The van der Waals surface area contributed by atoms with E-state index < -0.39 is 6.10 Å². The maximum atomic E-state index is 12.2. The van der Waals surface area contributed by atoms with Crippen molar-refractivity contribution in [2.24, 2.45) is 0 Å². The van der Waals surface area contributed by atoms with Crippen molar-refractivity contribution < 1.29 is 23.7 Å². The highest BCUT2D eigenvalue weighted by molar-refractivity contribution is 5.80. The number of benzene rings is 2. The first-order valence-corrected chi connectivity index (χ1v) is 7.62. The lowest BCUT2D eigenvalue weighted by molar-refractivity contribution is -0.127. The molecule has 0 fully saturated rings. The zero-order valence-corrected chi connectivity index (χ0v) is 13.6. The van der Waals surface area contributed by atoms with Crippen LogP contribution in [0.3, 0.4) is 0 Å². The molecule has 0 spiro atoms. The summed E-state index contributed by atoms with van der Waals surface area (Å²) in [5.41, 5.74) is 0.986. The van der Waals surface area contributed by atoms with Gasteiger partial charge in [-0.1, -0.05) is 12.1 Å². The van der Waals surface area contributed by atoms with E-state index >= 15 is 0 Å². The molecule has 2 aromatic carbocycles. The van der Waals surface area contributed by atoms with Crippen LogP contribution in [-0.2, 0) is 11.3 Å². The van der Waals surface area contributed by atoms with E-state index in [0.29, 0.717) is 23.8 Å². The second-order valence-corrected chi connectivity index (χ2v) is 5.34. The molecule has 3 rings (SSSR count). The molecule has 126 valence electrons. The molecule has 0 unspecified atom stereocenters. The number of ether oxygens (including phenoxy) is 4. The Kier molecular flexibility index (Phi) is 4.74. The maximum absolute atomic E-state index is 12.2. The van der Waals surface area contributed by atoms with E-state index in [1.165, 1.54) is 0 Å². The number of hydrogen-bond acceptors (Lipinski definition) is 5. The van der Waals surface area contributed by atoms with Crippen LogP contribution in [0.2, 0.25) is 0 Å². The highest BCUT2D eigenvalue weighted by Crippen LogP contribution is 2.35. The van der Waals surface area contributed by atoms with Crippen molar-refractivity contribution in [2.75, 3.05) is 13.9 Å². The average Bonchev–Trinajstić information content (AvgIpc) is 3.07. The minimum absolute atomic E-state index is 0.191. The number of methoxy groups -OCH3 is 1. The summed E-state index contributed by atoms with van der Waals surface area (Å²) >= 11 is 0. The van der Waals surface area contributed by atoms with Gasteiger partial charge in [-0.2, -0.15) is 0 Å². The molecule has 0 aromatic heterocycles. The Labute approximate surface area is 140 Å². The topological polar surface area (TPSA) is 66.0 Å². The average molecular weight is 329 g/mol. The molecule has 2 aromatic rings. The first-order valence-electron chi connectivity index (χ1n) is 7.62. The summed E-state index contributed by atoms with van der Waals surface area (Å²) < 4.78 is 21.3. The fraction of sp³-hybridized carbons (Fsp3) is 0.278. The molecule has 0 saturated heterocycles. The van der Waals surface area contributed by atoms with Gasteiger partial charge in [0.15, 0.2) is 17.6 Å². The summed E-state index contributed by atoms with van der Waals surface area (Å²) in [6.45, 7) is 2.34. The molecule has 1 aliphatic rings. The van der Waals surface area contributed by atoms with Crippen molar-refractivity contribution in [1.82, 2.24) is 5.32 Å². The molecule has 0 aliphatic carbocycles. The second-order valence-electron chi connectivity index (χ2n) is 5.34. The van der Waals surface area contributed by atoms with Crippen LogP contribution in [-0.4, -0.2) is 25.9 Å². The molecule has 1 heterocycles. The van der Waals surface area contributed by atoms with Crippen molar-refractivity contribution in [3.05, 3.63) is 48.0 Å². The number of fused-ring (bicyclic) bond motifs is 1. The summed E-state index contributed by atoms with van der Waals surface area (Å²) in [6, 6.07) is 12.8. The monoisotopic (exact) mass is 329 g/mol. The van der Waals surface area contributed by atoms with Gasteiger partial charge in [0.2, 0.25) is 6.79 Å². The summed E-state index contributed by atoms with van der Waals surface area (Å²) in [5, 5.41) is 2.85. The molecular weight excluding hydrogens is 310 g/mol. The third-order valence-corrected chi connectivity index (χ3v) is 3.65. The van der Waals surface area contributed by atoms with Crippen LogP contribution in [0.1, 0.15) is 12.5 Å². The van der Waals surface area contributed by atoms with Gasteiger partial charge in [-0.15, -0.1) is 0 Å². The smallest absolute Gasteiger partial charge is 0.261 e. The Morgan fingerprint density at radius 3 is 2.58 bits per heavy atom. The van der Waals surface area contributed by atoms with E-state index in [1.807, 2.05) is 24.3 Å². The van der Waals surface area contributed by atoms with E-state index in [9.17, 15) is 4.79 Å². The number of carbonyl (C=O) groups is 1. The Bertz CT molecular complexity index is 714. The molecule has 1 atom stereocenters. The first-order chi connectivity index (χ1) is 11.7. The third-order valence-electron chi connectivity index (χ3n) is 3.65. The molecule has 0 saturated carbocycles. The van der Waals surface area contributed by atoms with E-state index in [-0.39, 0.29) is 12.7 Å². The Balaban J connectivity index is 1.52. The molecule has 0 radical (unpaired) electrons. The fourth-order valence-electron chi connectivity index (χ4n) is 2.28. The zero-order chi connectivity index (χ0) is 16.9. The van der Waals surface area contributed by atoms with Gasteiger partial charge in [-0.05, 0) is 36.8 Å². The SMILES string of the molecule is COc1ccc(CNC(=O)[C@@H](C)Oc2ccc3c(c2)OCO3)cc1. The van der Waals surface area contributed by atoms with E-state index in [4.69, 9.17) is 18.9 Å². The van der Waals surface area contributed by atoms with Gasteiger partial charge in [-0.25, -0.2) is 0 Å². The fourth-order valence-corrected chi connectivity index (χ4v) is 2.28. The molecule has 6 heteroatoms. The van der Waals surface area contributed by atoms with Crippen molar-refractivity contribution in [3.63, 3.8) is 0 Å². The van der Waals surface area contributed by atoms with Gasteiger partial charge in [0.1, 0.15) is 11.5 Å². The summed E-state index contributed by atoms with van der Waals surface area (Å²) in [5.74, 6) is 2.46. The Morgan fingerprint density at radius 1 is 1.12 bits per heavy atom. The summed E-state index contributed by atoms with van der Waals surface area (Å²) in [6.07, 6.45) is -0.622. The van der Waals surface area contributed by atoms with Crippen LogP contribution in [0, 0.1) is 0 Å². The number of amides is 1. The van der Waals surface area contributed by atoms with Crippen LogP contribution in [0.25, 0.3) is 0 Å². The molecule has 6 nitrogen and oxygen atoms in total. The van der Waals surface area contributed by atoms with Gasteiger partial charge in [0.05, 0.1) is 7.11 Å². The number of rotatable bonds is 6. The highest BCUT2D eigenvalue weighted by atomic mass is 16.7. The Morgan fingerprint density at radius 2 is 1.83 bits per heavy atom. The molecule has 24 heavy (non-hydrogen) atoms. The third kappa shape index (κ3) is 3.71. The van der Waals surface area contributed by atoms with Gasteiger partial charge in [0, 0.05) is 12.6 Å². The van der Waals surface area contributed by atoms with Crippen LogP contribution in [0.5, 0.6) is 23.0 Å². The lowest BCUT2D eigenvalue weighted by Crippen LogP contribution is -2.35. The molecule has 1 aliphatic heterocycles. The van der Waals surface area contributed by atoms with E-state index in [0.717, 1.165) is 11.3 Å². The number of nitrogens with one attached hydrogen (secondary N) is 1. The number of hydrogen-bond donors (Lipinski definition) is 1. The van der Waals surface area contributed by atoms with Crippen LogP contribution < -0.4 is 24.3 Å². The minimum Gasteiger partial charge on any atom is -0.497 e. The van der Waals surface area contributed by atoms with Crippen molar-refractivity contribution in [3.8, 4) is 23.0 Å². The lowest BCUT2D eigenvalue weighted by Gasteiger charge is -2.15. The predicted molar refractivity (Wildman–Crippen MR) is 87.5 cm³/mol. The van der Waals surface area contributed by atoms with Crippen LogP contribution >= 0.6 is 0 Å². The molecule has 0 bridgehead atoms. The van der Waals surface area contributed by atoms with Crippen molar-refractivity contribution in [1.29, 1.82) is 0 Å². The van der Waals surface area contributed by atoms with Gasteiger partial charge in [0.25, 0.3) is 5.91 Å². The van der Waals surface area contributed by atoms with Crippen LogP contribution in [0.4, 0.5) is 0 Å². The lowest BCUT2D eigenvalue weighted by atomic mass is 10.2. The van der Waals surface area contributed by atoms with Crippen molar-refractivity contribution in [2.45, 2.75) is 19.6 Å².